The van der Waals surface area contributed by atoms with E-state index in [4.69, 9.17) is 8.83 Å². The summed E-state index contributed by atoms with van der Waals surface area (Å²) in [5.74, 6) is -1.27. The molecular weight excluding hydrogens is 438 g/mol. The normalized spacial score (nSPS) is 10.8. The maximum Gasteiger partial charge on any atom is 0.349 e. The first-order valence-corrected chi connectivity index (χ1v) is 10.1. The van der Waals surface area contributed by atoms with Crippen molar-refractivity contribution in [3.05, 3.63) is 111 Å². The number of carbonyl (C=O) groups excluding carboxylic acids is 2. The molecule has 0 radical (unpaired) electrons. The number of fused-ring (bicyclic) bond motifs is 2. The topological polar surface area (TPSA) is 132 Å². The van der Waals surface area contributed by atoms with Gasteiger partial charge in [-0.15, -0.1) is 0 Å². The van der Waals surface area contributed by atoms with E-state index in [1.54, 1.807) is 54.6 Å². The Kier molecular flexibility index (Phi) is 5.19. The summed E-state index contributed by atoms with van der Waals surface area (Å²) in [4.78, 5) is 53.9. The number of pyridine rings is 1. The summed E-state index contributed by atoms with van der Waals surface area (Å²) in [5, 5.41) is 6.21. The van der Waals surface area contributed by atoms with Crippen molar-refractivity contribution in [1.82, 2.24) is 4.98 Å². The summed E-state index contributed by atoms with van der Waals surface area (Å²) < 4.78 is 10.4. The number of benzene rings is 2. The highest BCUT2D eigenvalue weighted by Gasteiger charge is 2.17. The third-order valence-corrected chi connectivity index (χ3v) is 5.00. The number of para-hydroxylation sites is 2. The Labute approximate surface area is 190 Å². The lowest BCUT2D eigenvalue weighted by atomic mass is 10.2. The lowest BCUT2D eigenvalue weighted by Gasteiger charge is -2.08. The molecule has 0 saturated heterocycles. The molecule has 5 rings (SSSR count). The zero-order chi connectivity index (χ0) is 23.7. The van der Waals surface area contributed by atoms with Crippen LogP contribution < -0.4 is 21.9 Å². The van der Waals surface area contributed by atoms with Gasteiger partial charge in [0.25, 0.3) is 11.8 Å². The van der Waals surface area contributed by atoms with Gasteiger partial charge in [-0.1, -0.05) is 42.5 Å². The van der Waals surface area contributed by atoms with E-state index >= 15 is 0 Å². The maximum absolute atomic E-state index is 12.7. The molecule has 0 aliphatic carbocycles. The van der Waals surface area contributed by atoms with Crippen LogP contribution in [0.5, 0.6) is 0 Å². The van der Waals surface area contributed by atoms with E-state index in [0.29, 0.717) is 21.9 Å². The van der Waals surface area contributed by atoms with Gasteiger partial charge in [0.2, 0.25) is 0 Å². The van der Waals surface area contributed by atoms with Gasteiger partial charge in [-0.3, -0.25) is 9.59 Å². The number of amides is 2. The van der Waals surface area contributed by atoms with Crippen LogP contribution in [-0.4, -0.2) is 16.8 Å². The summed E-state index contributed by atoms with van der Waals surface area (Å²) in [6, 6.07) is 21.0. The number of hydrogen-bond acceptors (Lipinski definition) is 7. The van der Waals surface area contributed by atoms with E-state index in [1.165, 1.54) is 24.3 Å². The first-order valence-electron chi connectivity index (χ1n) is 10.1. The molecule has 0 aliphatic heterocycles. The van der Waals surface area contributed by atoms with Gasteiger partial charge in [-0.2, -0.15) is 0 Å². The number of hydrogen-bond donors (Lipinski definition) is 2. The van der Waals surface area contributed by atoms with E-state index in [2.05, 4.69) is 15.6 Å². The largest absolute Gasteiger partial charge is 0.422 e. The summed E-state index contributed by atoms with van der Waals surface area (Å²) >= 11 is 0. The van der Waals surface area contributed by atoms with Crippen LogP contribution in [0.15, 0.2) is 97.3 Å². The molecule has 0 bridgehead atoms. The Morgan fingerprint density at radius 1 is 0.618 bits per heavy atom. The Morgan fingerprint density at radius 2 is 1.06 bits per heavy atom. The van der Waals surface area contributed by atoms with Crippen LogP contribution in [0.1, 0.15) is 20.7 Å². The van der Waals surface area contributed by atoms with Crippen molar-refractivity contribution in [1.29, 1.82) is 0 Å². The average Bonchev–Trinajstić information content (AvgIpc) is 2.83. The summed E-state index contributed by atoms with van der Waals surface area (Å²) in [7, 11) is 0. The van der Waals surface area contributed by atoms with Crippen molar-refractivity contribution in [3.8, 4) is 0 Å². The molecule has 34 heavy (non-hydrogen) atoms. The van der Waals surface area contributed by atoms with Gasteiger partial charge in [0, 0.05) is 10.8 Å². The van der Waals surface area contributed by atoms with Gasteiger partial charge >= 0.3 is 11.3 Å². The molecule has 0 fully saturated rings. The van der Waals surface area contributed by atoms with Crippen molar-refractivity contribution < 1.29 is 18.4 Å². The highest BCUT2D eigenvalue weighted by atomic mass is 16.4. The molecule has 2 N–H and O–H groups in total. The predicted octanol–water partition coefficient (Wildman–Crippen LogP) is 3.80. The molecule has 2 aromatic carbocycles. The third kappa shape index (κ3) is 4.05. The molecule has 9 nitrogen and oxygen atoms in total. The second kappa shape index (κ2) is 8.47. The van der Waals surface area contributed by atoms with Crippen LogP contribution in [0, 0.1) is 0 Å². The van der Waals surface area contributed by atoms with Crippen molar-refractivity contribution in [2.75, 3.05) is 10.6 Å². The highest BCUT2D eigenvalue weighted by molar-refractivity contribution is 6.06. The van der Waals surface area contributed by atoms with Crippen LogP contribution in [0.4, 0.5) is 11.6 Å². The summed E-state index contributed by atoms with van der Waals surface area (Å²) in [5.41, 5.74) is -1.23. The zero-order valence-electron chi connectivity index (χ0n) is 17.4. The average molecular weight is 453 g/mol. The SMILES string of the molecule is O=C(Nc1cccc(NC(=O)c2cc3ccccc3oc2=O)n1)c1cc2ccccc2oc1=O. The number of aromatic nitrogens is 1. The van der Waals surface area contributed by atoms with Crippen LogP contribution in [0.25, 0.3) is 21.9 Å². The molecule has 0 aliphatic rings. The number of nitrogens with one attached hydrogen (secondary N) is 2. The minimum Gasteiger partial charge on any atom is -0.422 e. The molecule has 9 heteroatoms. The number of anilines is 2. The minimum atomic E-state index is -0.788. The van der Waals surface area contributed by atoms with Crippen molar-refractivity contribution in [3.63, 3.8) is 0 Å². The summed E-state index contributed by atoms with van der Waals surface area (Å²) in [6.45, 7) is 0. The molecule has 3 heterocycles. The van der Waals surface area contributed by atoms with Crippen molar-refractivity contribution in [2.24, 2.45) is 0 Å². The maximum atomic E-state index is 12.7. The molecular formula is C25H15N3O6. The fraction of sp³-hybridized carbons (Fsp3) is 0. The third-order valence-electron chi connectivity index (χ3n) is 5.00. The Morgan fingerprint density at radius 3 is 1.53 bits per heavy atom. The van der Waals surface area contributed by atoms with Gasteiger partial charge < -0.3 is 19.5 Å². The lowest BCUT2D eigenvalue weighted by Crippen LogP contribution is -2.22. The summed E-state index contributed by atoms with van der Waals surface area (Å²) in [6.07, 6.45) is 0. The van der Waals surface area contributed by atoms with Crippen molar-refractivity contribution >= 4 is 45.4 Å². The number of carbonyl (C=O) groups is 2. The smallest absolute Gasteiger partial charge is 0.349 e. The second-order valence-corrected chi connectivity index (χ2v) is 7.29. The predicted molar refractivity (Wildman–Crippen MR) is 125 cm³/mol. The molecule has 2 amide bonds. The first-order chi connectivity index (χ1) is 16.5. The first kappa shape index (κ1) is 20.8. The molecule has 0 saturated carbocycles. The van der Waals surface area contributed by atoms with Crippen molar-refractivity contribution in [2.45, 2.75) is 0 Å². The van der Waals surface area contributed by atoms with E-state index in [1.807, 2.05) is 0 Å². The van der Waals surface area contributed by atoms with Gasteiger partial charge in [-0.05, 0) is 36.4 Å². The minimum absolute atomic E-state index is 0.0842. The molecule has 5 aromatic rings. The highest BCUT2D eigenvalue weighted by Crippen LogP contribution is 2.16. The Balaban J connectivity index is 1.37. The fourth-order valence-electron chi connectivity index (χ4n) is 3.38. The van der Waals surface area contributed by atoms with E-state index in [-0.39, 0.29) is 22.8 Å². The van der Waals surface area contributed by atoms with Crippen LogP contribution >= 0.6 is 0 Å². The molecule has 0 unspecified atom stereocenters. The fourth-order valence-corrected chi connectivity index (χ4v) is 3.38. The Bertz CT molecular complexity index is 1580. The standard InChI is InChI=1S/C25H15N3O6/c29-22(16-12-14-6-1-3-8-18(14)33-24(16)31)27-20-10-5-11-21(26-20)28-23(30)17-13-15-7-2-4-9-19(15)34-25(17)32/h1-13H,(H2,26,27,28,29,30). The monoisotopic (exact) mass is 453 g/mol. The lowest BCUT2D eigenvalue weighted by molar-refractivity contribution is 0.101. The van der Waals surface area contributed by atoms with E-state index in [0.717, 1.165) is 0 Å². The van der Waals surface area contributed by atoms with Gasteiger partial charge in [0.05, 0.1) is 0 Å². The van der Waals surface area contributed by atoms with E-state index in [9.17, 15) is 19.2 Å². The van der Waals surface area contributed by atoms with Crippen LogP contribution in [0.3, 0.4) is 0 Å². The van der Waals surface area contributed by atoms with E-state index < -0.39 is 23.1 Å². The van der Waals surface area contributed by atoms with Gasteiger partial charge in [0.15, 0.2) is 0 Å². The molecule has 0 spiro atoms. The molecule has 166 valence electrons. The quantitative estimate of drug-likeness (QED) is 0.396. The number of rotatable bonds is 4. The van der Waals surface area contributed by atoms with Crippen LogP contribution in [0.2, 0.25) is 0 Å². The van der Waals surface area contributed by atoms with Gasteiger partial charge in [-0.25, -0.2) is 14.6 Å². The Hall–Kier alpha value is -5.05. The molecule has 0 atom stereocenters. The van der Waals surface area contributed by atoms with Gasteiger partial charge in [0.1, 0.15) is 33.9 Å². The second-order valence-electron chi connectivity index (χ2n) is 7.29. The number of nitrogens with zero attached hydrogens (tertiary/aromatic N) is 1. The van der Waals surface area contributed by atoms with Crippen LogP contribution in [-0.2, 0) is 0 Å². The zero-order valence-corrected chi connectivity index (χ0v) is 17.4. The molecule has 3 aromatic heterocycles.